The molecule has 0 atom stereocenters. The van der Waals surface area contributed by atoms with Crippen LogP contribution in [0.25, 0.3) is 0 Å². The highest BCUT2D eigenvalue weighted by Gasteiger charge is 1.97. The van der Waals surface area contributed by atoms with Crippen LogP contribution in [0.3, 0.4) is 0 Å². The molecule has 0 bridgehead atoms. The minimum absolute atomic E-state index is 0.861. The molecular weight excluding hydrogens is 216 g/mol. The van der Waals surface area contributed by atoms with Crippen molar-refractivity contribution in [1.29, 1.82) is 0 Å². The first-order valence-electron chi connectivity index (χ1n) is 5.73. The average Bonchev–Trinajstić information content (AvgIpc) is 2.86. The van der Waals surface area contributed by atoms with Gasteiger partial charge in [-0.15, -0.1) is 5.73 Å². The van der Waals surface area contributed by atoms with Crippen molar-refractivity contribution in [2.75, 3.05) is 0 Å². The molecule has 0 aliphatic heterocycles. The summed E-state index contributed by atoms with van der Waals surface area (Å²) in [6.45, 7) is 17.6. The molecule has 0 aromatic rings. The Bertz CT molecular complexity index is 551. The molecule has 0 spiro atoms. The van der Waals surface area contributed by atoms with Crippen LogP contribution in [0.2, 0.25) is 0 Å². The Balaban J connectivity index is 2.62. The summed E-state index contributed by atoms with van der Waals surface area (Å²) in [6, 6.07) is 0. The van der Waals surface area contributed by atoms with Crippen LogP contribution < -0.4 is 0 Å². The van der Waals surface area contributed by atoms with E-state index in [1.165, 1.54) is 0 Å². The summed E-state index contributed by atoms with van der Waals surface area (Å²) in [5.41, 5.74) is 7.74. The van der Waals surface area contributed by atoms with E-state index in [0.29, 0.717) is 0 Å². The van der Waals surface area contributed by atoms with E-state index in [4.69, 9.17) is 0 Å². The number of rotatable bonds is 6. The first-order chi connectivity index (χ1) is 8.50. The molecular formula is C18H18. The zero-order valence-electron chi connectivity index (χ0n) is 10.9. The number of hydrogen-bond acceptors (Lipinski definition) is 0. The minimum Gasteiger partial charge on any atom is -0.112 e. The fraction of sp³-hybridized carbons (Fsp3) is 0.0556. The Morgan fingerprint density at radius 1 is 1.00 bits per heavy atom. The van der Waals surface area contributed by atoms with Gasteiger partial charge in [-0.1, -0.05) is 62.3 Å². The van der Waals surface area contributed by atoms with Gasteiger partial charge in [-0.3, -0.25) is 0 Å². The van der Waals surface area contributed by atoms with Crippen molar-refractivity contribution in [3.63, 3.8) is 0 Å². The predicted octanol–water partition coefficient (Wildman–Crippen LogP) is 4.99. The van der Waals surface area contributed by atoms with E-state index in [1.807, 2.05) is 49.5 Å². The molecule has 0 N–H and O–H groups in total. The van der Waals surface area contributed by atoms with Crippen molar-refractivity contribution in [2.45, 2.75) is 6.92 Å². The predicted molar refractivity (Wildman–Crippen MR) is 81.3 cm³/mol. The number of hydrogen-bond donors (Lipinski definition) is 0. The van der Waals surface area contributed by atoms with Gasteiger partial charge in [0.05, 0.1) is 0 Å². The third-order valence-electron chi connectivity index (χ3n) is 2.41. The Morgan fingerprint density at radius 3 is 2.11 bits per heavy atom. The molecule has 0 unspecified atom stereocenters. The summed E-state index contributed by atoms with van der Waals surface area (Å²) < 4.78 is 0. The van der Waals surface area contributed by atoms with Crippen LogP contribution in [0, 0.1) is 0 Å². The van der Waals surface area contributed by atoms with Gasteiger partial charge in [-0.05, 0) is 35.8 Å². The standard InChI is InChI=1S/C18H18/c1-14(2)10-11-15(3)16(4)12-13-17(5)18-8-6-7-9-18/h6-8,10-13H,1,3-5H2,2H3/b11-10-,13-12-. The molecule has 0 heterocycles. The van der Waals surface area contributed by atoms with Gasteiger partial charge in [0.15, 0.2) is 0 Å². The van der Waals surface area contributed by atoms with Crippen molar-refractivity contribution < 1.29 is 0 Å². The van der Waals surface area contributed by atoms with Crippen molar-refractivity contribution >= 4 is 0 Å². The third-order valence-corrected chi connectivity index (χ3v) is 2.41. The smallest absolute Gasteiger partial charge is 0.0231 e. The lowest BCUT2D eigenvalue weighted by atomic mass is 10.0. The van der Waals surface area contributed by atoms with Gasteiger partial charge in [0, 0.05) is 5.57 Å². The van der Waals surface area contributed by atoms with Crippen LogP contribution in [0.15, 0.2) is 102 Å². The third kappa shape index (κ3) is 4.29. The van der Waals surface area contributed by atoms with E-state index in [-0.39, 0.29) is 0 Å². The maximum atomic E-state index is 3.98. The molecule has 90 valence electrons. The maximum absolute atomic E-state index is 3.98. The second kappa shape index (κ2) is 6.44. The zero-order chi connectivity index (χ0) is 13.5. The van der Waals surface area contributed by atoms with Gasteiger partial charge in [0.1, 0.15) is 0 Å². The average molecular weight is 234 g/mol. The molecule has 0 aromatic heterocycles. The van der Waals surface area contributed by atoms with Crippen molar-refractivity contribution in [2.24, 2.45) is 0 Å². The first kappa shape index (κ1) is 13.8. The second-order valence-corrected chi connectivity index (χ2v) is 4.17. The SMILES string of the molecule is C=C(C)/C=C\C(=C)C(=C)/C=C\C(=C)C1=C=CC=C1. The van der Waals surface area contributed by atoms with E-state index >= 15 is 0 Å². The quantitative estimate of drug-likeness (QED) is 0.448. The Labute approximate surface area is 110 Å². The summed E-state index contributed by atoms with van der Waals surface area (Å²) >= 11 is 0. The fourth-order valence-electron chi connectivity index (χ4n) is 1.28. The van der Waals surface area contributed by atoms with E-state index in [9.17, 15) is 0 Å². The van der Waals surface area contributed by atoms with Crippen LogP contribution >= 0.6 is 0 Å². The van der Waals surface area contributed by atoms with Gasteiger partial charge >= 0.3 is 0 Å². The van der Waals surface area contributed by atoms with Crippen LogP contribution in [-0.4, -0.2) is 0 Å². The molecule has 1 rings (SSSR count). The summed E-state index contributed by atoms with van der Waals surface area (Å²) in [7, 11) is 0. The summed E-state index contributed by atoms with van der Waals surface area (Å²) in [5, 5.41) is 0. The summed E-state index contributed by atoms with van der Waals surface area (Å²) in [5.74, 6) is 0. The monoisotopic (exact) mass is 234 g/mol. The highest BCUT2D eigenvalue weighted by atomic mass is 14.0. The lowest BCUT2D eigenvalue weighted by Gasteiger charge is -2.00. The van der Waals surface area contributed by atoms with E-state index < -0.39 is 0 Å². The Morgan fingerprint density at radius 2 is 1.61 bits per heavy atom. The Kier molecular flexibility index (Phi) is 4.92. The normalized spacial score (nSPS) is 13.3. The van der Waals surface area contributed by atoms with Crippen molar-refractivity contribution in [1.82, 2.24) is 0 Å². The molecule has 0 saturated carbocycles. The van der Waals surface area contributed by atoms with E-state index in [1.54, 1.807) is 0 Å². The maximum Gasteiger partial charge on any atom is 0.0231 e. The molecule has 0 saturated heterocycles. The zero-order valence-corrected chi connectivity index (χ0v) is 10.9. The first-order valence-corrected chi connectivity index (χ1v) is 5.73. The van der Waals surface area contributed by atoms with Gasteiger partial charge in [-0.2, -0.15) is 0 Å². The molecule has 0 heteroatoms. The van der Waals surface area contributed by atoms with Gasteiger partial charge in [0.2, 0.25) is 0 Å². The highest BCUT2D eigenvalue weighted by molar-refractivity contribution is 5.51. The lowest BCUT2D eigenvalue weighted by Crippen LogP contribution is -1.81. The van der Waals surface area contributed by atoms with Crippen LogP contribution in [-0.2, 0) is 0 Å². The fourth-order valence-corrected chi connectivity index (χ4v) is 1.28. The molecule has 18 heavy (non-hydrogen) atoms. The van der Waals surface area contributed by atoms with Crippen LogP contribution in [0.1, 0.15) is 6.92 Å². The molecule has 0 nitrogen and oxygen atoms in total. The largest absolute Gasteiger partial charge is 0.112 e. The Hall–Kier alpha value is -2.30. The van der Waals surface area contributed by atoms with Crippen molar-refractivity contribution in [3.8, 4) is 0 Å². The molecule has 0 radical (unpaired) electrons. The van der Waals surface area contributed by atoms with E-state index in [0.717, 1.165) is 27.9 Å². The topological polar surface area (TPSA) is 0 Å². The molecule has 0 aromatic carbocycles. The summed E-state index contributed by atoms with van der Waals surface area (Å²) in [4.78, 5) is 0. The van der Waals surface area contributed by atoms with Crippen molar-refractivity contribution in [3.05, 3.63) is 102 Å². The summed E-state index contributed by atoms with van der Waals surface area (Å²) in [6.07, 6.45) is 13.5. The van der Waals surface area contributed by atoms with Gasteiger partial charge in [-0.25, -0.2) is 0 Å². The van der Waals surface area contributed by atoms with E-state index in [2.05, 4.69) is 32.0 Å². The van der Waals surface area contributed by atoms with Gasteiger partial charge < -0.3 is 0 Å². The number of allylic oxidation sites excluding steroid dienone is 11. The molecule has 0 amide bonds. The van der Waals surface area contributed by atoms with Crippen LogP contribution in [0.4, 0.5) is 0 Å². The lowest BCUT2D eigenvalue weighted by molar-refractivity contribution is 1.51. The van der Waals surface area contributed by atoms with Crippen LogP contribution in [0.5, 0.6) is 0 Å². The highest BCUT2D eigenvalue weighted by Crippen LogP contribution is 2.16. The second-order valence-electron chi connectivity index (χ2n) is 4.17. The molecule has 0 fully saturated rings. The van der Waals surface area contributed by atoms with Gasteiger partial charge in [0.25, 0.3) is 0 Å². The molecule has 1 aliphatic rings. The minimum atomic E-state index is 0.861. The molecule has 1 aliphatic carbocycles.